The highest BCUT2D eigenvalue weighted by Crippen LogP contribution is 2.08. The molecule has 76 valence electrons. The lowest BCUT2D eigenvalue weighted by Crippen LogP contribution is -2.32. The Morgan fingerprint density at radius 2 is 1.71 bits per heavy atom. The van der Waals surface area contributed by atoms with Gasteiger partial charge in [0.2, 0.25) is 0 Å². The number of nitrogens with zero attached hydrogens (tertiary/aromatic N) is 1. The van der Waals surface area contributed by atoms with Gasteiger partial charge in [-0.15, -0.1) is 0 Å². The molecule has 0 radical (unpaired) electrons. The van der Waals surface area contributed by atoms with E-state index in [0.29, 0.717) is 5.71 Å². The average molecular weight is 190 g/mol. The number of nitrogens with one attached hydrogen (secondary N) is 1. The molecule has 0 spiro atoms. The smallest absolute Gasteiger partial charge is 0.0554 e. The average Bonchev–Trinajstić information content (AvgIpc) is 2.16. The van der Waals surface area contributed by atoms with Crippen molar-refractivity contribution in [2.45, 2.75) is 19.9 Å². The quantitative estimate of drug-likeness (QED) is 0.728. The van der Waals surface area contributed by atoms with Gasteiger partial charge in [-0.1, -0.05) is 29.8 Å². The molecule has 0 fully saturated rings. The first kappa shape index (κ1) is 10.9. The van der Waals surface area contributed by atoms with Gasteiger partial charge in [-0.05, 0) is 33.5 Å². The maximum Gasteiger partial charge on any atom is 0.0554 e. The van der Waals surface area contributed by atoms with Gasteiger partial charge in [-0.3, -0.25) is 0 Å². The molecule has 1 aromatic carbocycles. The van der Waals surface area contributed by atoms with Crippen LogP contribution in [0.25, 0.3) is 0 Å². The van der Waals surface area contributed by atoms with E-state index >= 15 is 0 Å². The number of hydrogen-bond acceptors (Lipinski definition) is 2. The van der Waals surface area contributed by atoms with E-state index in [9.17, 15) is 0 Å². The molecule has 0 amide bonds. The van der Waals surface area contributed by atoms with E-state index in [4.69, 9.17) is 5.41 Å². The third kappa shape index (κ3) is 2.42. The second kappa shape index (κ2) is 4.38. The van der Waals surface area contributed by atoms with Crippen LogP contribution >= 0.6 is 0 Å². The fraction of sp³-hybridized carbons (Fsp3) is 0.417. The first-order chi connectivity index (χ1) is 6.52. The van der Waals surface area contributed by atoms with Crippen molar-refractivity contribution in [3.05, 3.63) is 35.4 Å². The summed E-state index contributed by atoms with van der Waals surface area (Å²) in [5.41, 5.74) is 2.92. The van der Waals surface area contributed by atoms with Crippen molar-refractivity contribution in [1.82, 2.24) is 4.90 Å². The summed E-state index contributed by atoms with van der Waals surface area (Å²) in [7, 11) is 3.99. The maximum absolute atomic E-state index is 7.99. The Labute approximate surface area is 86.1 Å². The highest BCUT2D eigenvalue weighted by atomic mass is 15.1. The van der Waals surface area contributed by atoms with Gasteiger partial charge in [0.1, 0.15) is 0 Å². The van der Waals surface area contributed by atoms with Gasteiger partial charge >= 0.3 is 0 Å². The number of rotatable bonds is 3. The molecule has 0 aliphatic rings. The van der Waals surface area contributed by atoms with E-state index in [1.165, 1.54) is 5.56 Å². The zero-order valence-corrected chi connectivity index (χ0v) is 9.33. The predicted octanol–water partition coefficient (Wildman–Crippen LogP) is 2.31. The van der Waals surface area contributed by atoms with E-state index in [-0.39, 0.29) is 6.04 Å². The summed E-state index contributed by atoms with van der Waals surface area (Å²) in [4.78, 5) is 2.04. The summed E-state index contributed by atoms with van der Waals surface area (Å²) in [5, 5.41) is 7.99. The largest absolute Gasteiger partial charge is 0.303 e. The summed E-state index contributed by atoms with van der Waals surface area (Å²) >= 11 is 0. The highest BCUT2D eigenvalue weighted by molar-refractivity contribution is 6.01. The molecule has 14 heavy (non-hydrogen) atoms. The monoisotopic (exact) mass is 190 g/mol. The van der Waals surface area contributed by atoms with Crippen molar-refractivity contribution >= 4 is 5.71 Å². The molecule has 0 aliphatic carbocycles. The van der Waals surface area contributed by atoms with Crippen LogP contribution in [0, 0.1) is 12.3 Å². The van der Waals surface area contributed by atoms with Gasteiger partial charge in [0, 0.05) is 6.04 Å². The van der Waals surface area contributed by atoms with Gasteiger partial charge in [-0.2, -0.15) is 0 Å². The zero-order valence-electron chi connectivity index (χ0n) is 9.33. The highest BCUT2D eigenvalue weighted by Gasteiger charge is 2.12. The van der Waals surface area contributed by atoms with Crippen molar-refractivity contribution < 1.29 is 0 Å². The molecule has 0 saturated heterocycles. The molecule has 0 saturated carbocycles. The topological polar surface area (TPSA) is 27.1 Å². The summed E-state index contributed by atoms with van der Waals surface area (Å²) in [5.74, 6) is 0. The lowest BCUT2D eigenvalue weighted by Gasteiger charge is -2.20. The number of hydrogen-bond donors (Lipinski definition) is 1. The molecule has 0 aromatic heterocycles. The van der Waals surface area contributed by atoms with Crippen LogP contribution < -0.4 is 0 Å². The molecule has 0 bridgehead atoms. The minimum Gasteiger partial charge on any atom is -0.303 e. The number of likely N-dealkylation sites (N-methyl/N-ethyl adjacent to an activating group) is 1. The van der Waals surface area contributed by atoms with E-state index in [1.807, 2.05) is 50.2 Å². The third-order valence-electron chi connectivity index (χ3n) is 2.55. The maximum atomic E-state index is 7.99. The lowest BCUT2D eigenvalue weighted by molar-refractivity contribution is 0.381. The van der Waals surface area contributed by atoms with E-state index in [0.717, 1.165) is 5.56 Å². The van der Waals surface area contributed by atoms with Crippen LogP contribution in [0.4, 0.5) is 0 Å². The van der Waals surface area contributed by atoms with E-state index in [1.54, 1.807) is 0 Å². The second-order valence-corrected chi connectivity index (χ2v) is 3.92. The molecule has 1 unspecified atom stereocenters. The van der Waals surface area contributed by atoms with Gasteiger partial charge in [0.25, 0.3) is 0 Å². The molecule has 0 aliphatic heterocycles. The first-order valence-corrected chi connectivity index (χ1v) is 4.84. The SMILES string of the molecule is Cc1ccc(C(=N)C(C)N(C)C)cc1. The van der Waals surface area contributed by atoms with Crippen LogP contribution in [-0.2, 0) is 0 Å². The Balaban J connectivity index is 2.84. The van der Waals surface area contributed by atoms with Crippen LogP contribution in [0.3, 0.4) is 0 Å². The van der Waals surface area contributed by atoms with Gasteiger partial charge in [-0.25, -0.2) is 0 Å². The minimum atomic E-state index is 0.165. The fourth-order valence-corrected chi connectivity index (χ4v) is 1.23. The van der Waals surface area contributed by atoms with Gasteiger partial charge < -0.3 is 10.3 Å². The summed E-state index contributed by atoms with van der Waals surface area (Å²) in [6, 6.07) is 8.28. The van der Waals surface area contributed by atoms with Crippen molar-refractivity contribution in [3.8, 4) is 0 Å². The Kier molecular flexibility index (Phi) is 3.42. The van der Waals surface area contributed by atoms with Crippen LogP contribution in [0.15, 0.2) is 24.3 Å². The molecule has 0 heterocycles. The van der Waals surface area contributed by atoms with Crippen LogP contribution in [0.5, 0.6) is 0 Å². The van der Waals surface area contributed by atoms with Crippen molar-refractivity contribution in [3.63, 3.8) is 0 Å². The normalized spacial score (nSPS) is 12.9. The van der Waals surface area contributed by atoms with Crippen LogP contribution in [0.1, 0.15) is 18.1 Å². The summed E-state index contributed by atoms with van der Waals surface area (Å²) in [6.45, 7) is 4.10. The Morgan fingerprint density at radius 1 is 1.21 bits per heavy atom. The molecular formula is C12H18N2. The molecule has 1 rings (SSSR count). The zero-order chi connectivity index (χ0) is 10.7. The summed E-state index contributed by atoms with van der Waals surface area (Å²) in [6.07, 6.45) is 0. The molecule has 2 heteroatoms. The molecule has 1 aromatic rings. The molecule has 1 atom stereocenters. The van der Waals surface area contributed by atoms with E-state index in [2.05, 4.69) is 6.92 Å². The standard InChI is InChI=1S/C12H18N2/c1-9-5-7-11(8-6-9)12(13)10(2)14(3)4/h5-8,10,13H,1-4H3. The van der Waals surface area contributed by atoms with Gasteiger partial charge in [0.15, 0.2) is 0 Å². The second-order valence-electron chi connectivity index (χ2n) is 3.92. The Hall–Kier alpha value is -1.15. The van der Waals surface area contributed by atoms with E-state index < -0.39 is 0 Å². The summed E-state index contributed by atoms with van der Waals surface area (Å²) < 4.78 is 0. The lowest BCUT2D eigenvalue weighted by atomic mass is 10.0. The van der Waals surface area contributed by atoms with Crippen LogP contribution in [-0.4, -0.2) is 30.7 Å². The Bertz CT molecular complexity index is 312. The first-order valence-electron chi connectivity index (χ1n) is 4.84. The minimum absolute atomic E-state index is 0.165. The van der Waals surface area contributed by atoms with Crippen molar-refractivity contribution in [2.75, 3.05) is 14.1 Å². The van der Waals surface area contributed by atoms with Crippen molar-refractivity contribution in [1.29, 1.82) is 5.41 Å². The third-order valence-corrected chi connectivity index (χ3v) is 2.55. The Morgan fingerprint density at radius 3 is 2.14 bits per heavy atom. The molecular weight excluding hydrogens is 172 g/mol. The molecule has 2 nitrogen and oxygen atoms in total. The number of aryl methyl sites for hydroxylation is 1. The number of benzene rings is 1. The predicted molar refractivity (Wildman–Crippen MR) is 61.2 cm³/mol. The van der Waals surface area contributed by atoms with Crippen molar-refractivity contribution in [2.24, 2.45) is 0 Å². The fourth-order valence-electron chi connectivity index (χ4n) is 1.23. The van der Waals surface area contributed by atoms with Crippen LogP contribution in [0.2, 0.25) is 0 Å². The van der Waals surface area contributed by atoms with Gasteiger partial charge in [0.05, 0.1) is 5.71 Å². The molecule has 1 N–H and O–H groups in total.